The second-order valence-corrected chi connectivity index (χ2v) is 4.32. The summed E-state index contributed by atoms with van der Waals surface area (Å²) in [5, 5.41) is 0.511. The second kappa shape index (κ2) is 4.51. The Morgan fingerprint density at radius 1 is 1.47 bits per heavy atom. The van der Waals surface area contributed by atoms with E-state index < -0.39 is 0 Å². The molecule has 2 N–H and O–H groups in total. The molecular weight excluding hydrogens is 232 g/mol. The highest BCUT2D eigenvalue weighted by Crippen LogP contribution is 2.24. The van der Waals surface area contributed by atoms with Gasteiger partial charge in [0.2, 0.25) is 0 Å². The fourth-order valence-corrected chi connectivity index (χ4v) is 1.74. The maximum atomic E-state index is 5.86. The smallest absolute Gasteiger partial charge is 0.124 e. The third-order valence-corrected chi connectivity index (χ3v) is 2.92. The topological polar surface area (TPSA) is 48.1 Å². The van der Waals surface area contributed by atoms with Gasteiger partial charge in [-0.15, -0.1) is 11.3 Å². The lowest BCUT2D eigenvalue weighted by Gasteiger charge is -2.05. The molecule has 3 nitrogen and oxygen atoms in total. The molecular formula is C10H9ClN2OS. The van der Waals surface area contributed by atoms with Crippen LogP contribution in [0.15, 0.2) is 29.9 Å². The Kier molecular flexibility index (Phi) is 3.08. The number of nitrogen functional groups attached to an aromatic ring is 1. The predicted molar refractivity (Wildman–Crippen MR) is 62.3 cm³/mol. The van der Waals surface area contributed by atoms with Crippen LogP contribution in [0.4, 0.5) is 5.69 Å². The fourth-order valence-electron chi connectivity index (χ4n) is 1.07. The molecule has 0 fully saturated rings. The van der Waals surface area contributed by atoms with Crippen molar-refractivity contribution in [3.63, 3.8) is 0 Å². The molecule has 0 atom stereocenters. The lowest BCUT2D eigenvalue weighted by atomic mass is 10.3. The van der Waals surface area contributed by atoms with E-state index in [0.29, 0.717) is 23.1 Å². The first-order chi connectivity index (χ1) is 7.25. The lowest BCUT2D eigenvalue weighted by molar-refractivity contribution is 0.309. The molecule has 0 radical (unpaired) electrons. The Hall–Kier alpha value is -1.26. The number of halogens is 1. The Morgan fingerprint density at radius 2 is 2.33 bits per heavy atom. The monoisotopic (exact) mass is 240 g/mol. The number of benzene rings is 1. The van der Waals surface area contributed by atoms with Crippen LogP contribution in [0.2, 0.25) is 5.02 Å². The zero-order chi connectivity index (χ0) is 10.7. The van der Waals surface area contributed by atoms with Crippen LogP contribution >= 0.6 is 22.9 Å². The van der Waals surface area contributed by atoms with Crippen molar-refractivity contribution in [3.05, 3.63) is 39.8 Å². The number of rotatable bonds is 3. The summed E-state index contributed by atoms with van der Waals surface area (Å²) in [5.74, 6) is 0.711. The molecule has 0 aliphatic heterocycles. The zero-order valence-corrected chi connectivity index (χ0v) is 9.39. The maximum Gasteiger partial charge on any atom is 0.124 e. The van der Waals surface area contributed by atoms with Crippen molar-refractivity contribution in [2.24, 2.45) is 0 Å². The molecule has 0 saturated carbocycles. The van der Waals surface area contributed by atoms with Gasteiger partial charge in [-0.05, 0) is 12.1 Å². The van der Waals surface area contributed by atoms with Gasteiger partial charge in [0.05, 0.1) is 21.1 Å². The molecule has 1 aromatic carbocycles. The molecule has 1 heterocycles. The highest BCUT2D eigenvalue weighted by atomic mass is 35.5. The summed E-state index contributed by atoms with van der Waals surface area (Å²) < 4.78 is 5.52. The van der Waals surface area contributed by atoms with Crippen LogP contribution in [-0.4, -0.2) is 4.98 Å². The SMILES string of the molecule is Nc1ccc(OCc2cncs2)cc1Cl. The van der Waals surface area contributed by atoms with Crippen LogP contribution in [0, 0.1) is 0 Å². The van der Waals surface area contributed by atoms with Gasteiger partial charge < -0.3 is 10.5 Å². The van der Waals surface area contributed by atoms with E-state index in [1.54, 1.807) is 41.2 Å². The molecule has 5 heteroatoms. The summed E-state index contributed by atoms with van der Waals surface area (Å²) in [6, 6.07) is 5.23. The van der Waals surface area contributed by atoms with E-state index in [-0.39, 0.29) is 0 Å². The third kappa shape index (κ3) is 2.61. The first-order valence-corrected chi connectivity index (χ1v) is 5.56. The van der Waals surface area contributed by atoms with Crippen molar-refractivity contribution < 1.29 is 4.74 Å². The summed E-state index contributed by atoms with van der Waals surface area (Å²) in [6.45, 7) is 0.505. The van der Waals surface area contributed by atoms with Gasteiger partial charge in [0, 0.05) is 12.3 Å². The van der Waals surface area contributed by atoms with Crippen molar-refractivity contribution in [3.8, 4) is 5.75 Å². The molecule has 0 amide bonds. The lowest BCUT2D eigenvalue weighted by Crippen LogP contribution is -1.94. The number of thiazole rings is 1. The summed E-state index contributed by atoms with van der Waals surface area (Å²) >= 11 is 7.42. The standard InChI is InChI=1S/C10H9ClN2OS/c11-9-3-7(1-2-10(9)12)14-5-8-4-13-6-15-8/h1-4,6H,5,12H2. The highest BCUT2D eigenvalue weighted by molar-refractivity contribution is 7.09. The Balaban J connectivity index is 2.02. The van der Waals surface area contributed by atoms with E-state index in [1.165, 1.54) is 0 Å². The molecule has 1 aromatic heterocycles. The second-order valence-electron chi connectivity index (χ2n) is 2.94. The van der Waals surface area contributed by atoms with E-state index in [0.717, 1.165) is 4.88 Å². The highest BCUT2D eigenvalue weighted by Gasteiger charge is 2.00. The van der Waals surface area contributed by atoms with Crippen molar-refractivity contribution in [1.82, 2.24) is 4.98 Å². The molecule has 0 saturated heterocycles. The van der Waals surface area contributed by atoms with Crippen LogP contribution in [0.1, 0.15) is 4.88 Å². The van der Waals surface area contributed by atoms with E-state index >= 15 is 0 Å². The number of ether oxygens (including phenoxy) is 1. The number of nitrogens with zero attached hydrogens (tertiary/aromatic N) is 1. The Morgan fingerprint density at radius 3 is 3.00 bits per heavy atom. The van der Waals surface area contributed by atoms with Crippen molar-refractivity contribution in [2.75, 3.05) is 5.73 Å². The first kappa shape index (κ1) is 10.3. The van der Waals surface area contributed by atoms with E-state index in [1.807, 2.05) is 0 Å². The quantitative estimate of drug-likeness (QED) is 0.840. The van der Waals surface area contributed by atoms with Gasteiger partial charge >= 0.3 is 0 Å². The van der Waals surface area contributed by atoms with Gasteiger partial charge in [-0.2, -0.15) is 0 Å². The fraction of sp³-hybridized carbons (Fsp3) is 0.100. The number of hydrogen-bond acceptors (Lipinski definition) is 4. The average molecular weight is 241 g/mol. The number of hydrogen-bond donors (Lipinski definition) is 1. The molecule has 0 unspecified atom stereocenters. The Labute approximate surface area is 96.5 Å². The van der Waals surface area contributed by atoms with E-state index in [4.69, 9.17) is 22.1 Å². The van der Waals surface area contributed by atoms with Gasteiger partial charge in [0.15, 0.2) is 0 Å². The third-order valence-electron chi connectivity index (χ3n) is 1.84. The van der Waals surface area contributed by atoms with Gasteiger partial charge in [-0.3, -0.25) is 4.98 Å². The van der Waals surface area contributed by atoms with Crippen molar-refractivity contribution >= 4 is 28.6 Å². The first-order valence-electron chi connectivity index (χ1n) is 4.31. The minimum absolute atomic E-state index is 0.505. The summed E-state index contributed by atoms with van der Waals surface area (Å²) in [4.78, 5) is 5.03. The molecule has 15 heavy (non-hydrogen) atoms. The van der Waals surface area contributed by atoms with Crippen LogP contribution < -0.4 is 10.5 Å². The maximum absolute atomic E-state index is 5.86. The molecule has 78 valence electrons. The van der Waals surface area contributed by atoms with E-state index in [2.05, 4.69) is 4.98 Å². The zero-order valence-electron chi connectivity index (χ0n) is 7.81. The number of nitrogens with two attached hydrogens (primary N) is 1. The van der Waals surface area contributed by atoms with E-state index in [9.17, 15) is 0 Å². The minimum Gasteiger partial charge on any atom is -0.488 e. The molecule has 0 aliphatic carbocycles. The molecule has 2 aromatic rings. The van der Waals surface area contributed by atoms with Crippen molar-refractivity contribution in [1.29, 1.82) is 0 Å². The van der Waals surface area contributed by atoms with Gasteiger partial charge in [0.1, 0.15) is 12.4 Å². The van der Waals surface area contributed by atoms with Crippen LogP contribution in [0.3, 0.4) is 0 Å². The summed E-state index contributed by atoms with van der Waals surface area (Å²) in [6.07, 6.45) is 1.78. The van der Waals surface area contributed by atoms with Crippen LogP contribution in [0.5, 0.6) is 5.75 Å². The number of anilines is 1. The van der Waals surface area contributed by atoms with Gasteiger partial charge in [-0.25, -0.2) is 0 Å². The molecule has 0 bridgehead atoms. The molecule has 0 aliphatic rings. The summed E-state index contributed by atoms with van der Waals surface area (Å²) in [7, 11) is 0. The summed E-state index contributed by atoms with van der Waals surface area (Å²) in [5.41, 5.74) is 7.91. The van der Waals surface area contributed by atoms with Crippen molar-refractivity contribution in [2.45, 2.75) is 6.61 Å². The number of aromatic nitrogens is 1. The molecule has 2 rings (SSSR count). The van der Waals surface area contributed by atoms with Gasteiger partial charge in [0.25, 0.3) is 0 Å². The van der Waals surface area contributed by atoms with Gasteiger partial charge in [-0.1, -0.05) is 11.6 Å². The normalized spacial score (nSPS) is 10.2. The molecule has 0 spiro atoms. The van der Waals surface area contributed by atoms with Crippen LogP contribution in [0.25, 0.3) is 0 Å². The average Bonchev–Trinajstić information content (AvgIpc) is 2.73. The Bertz CT molecular complexity index is 445. The largest absolute Gasteiger partial charge is 0.488 e. The minimum atomic E-state index is 0.505. The predicted octanol–water partition coefficient (Wildman–Crippen LogP) is 2.96. The van der Waals surface area contributed by atoms with Crippen LogP contribution in [-0.2, 0) is 6.61 Å².